The average molecular weight is 425 g/mol. The number of amides is 1. The van der Waals surface area contributed by atoms with Crippen LogP contribution in [0.25, 0.3) is 16.5 Å². The van der Waals surface area contributed by atoms with Crippen molar-refractivity contribution in [1.82, 2.24) is 24.7 Å². The van der Waals surface area contributed by atoms with Crippen LogP contribution in [-0.4, -0.2) is 30.6 Å². The fourth-order valence-corrected chi connectivity index (χ4v) is 4.61. The molecule has 0 aliphatic heterocycles. The summed E-state index contributed by atoms with van der Waals surface area (Å²) in [5.74, 6) is 0.402. The Hall–Kier alpha value is -2.91. The molecule has 0 atom stereocenters. The minimum Gasteiger partial charge on any atom is -0.302 e. The highest BCUT2D eigenvalue weighted by atomic mass is 32.1. The zero-order valence-corrected chi connectivity index (χ0v) is 18.2. The van der Waals surface area contributed by atoms with Gasteiger partial charge in [0.15, 0.2) is 5.13 Å². The summed E-state index contributed by atoms with van der Waals surface area (Å²) < 4.78 is 1.70. The maximum Gasteiger partial charge on any atom is 0.251 e. The Morgan fingerprint density at radius 1 is 1.10 bits per heavy atom. The van der Waals surface area contributed by atoms with Crippen LogP contribution >= 0.6 is 22.7 Å². The molecule has 4 aromatic heterocycles. The first-order valence-electron chi connectivity index (χ1n) is 9.07. The molecule has 7 nitrogen and oxygen atoms in total. The number of carbonyl (C=O) groups is 1. The number of aryl methyl sites for hydroxylation is 3. The first kappa shape index (κ1) is 19.4. The van der Waals surface area contributed by atoms with E-state index in [1.54, 1.807) is 16.0 Å². The molecule has 0 unspecified atom stereocenters. The Kier molecular flexibility index (Phi) is 5.25. The monoisotopic (exact) mass is 424 g/mol. The number of aromatic nitrogens is 5. The second kappa shape index (κ2) is 7.84. The van der Waals surface area contributed by atoms with Crippen LogP contribution in [0.2, 0.25) is 0 Å². The quantitative estimate of drug-likeness (QED) is 0.517. The Morgan fingerprint density at radius 3 is 2.55 bits per heavy atom. The summed E-state index contributed by atoms with van der Waals surface area (Å²) in [5, 5.41) is 12.0. The number of rotatable bonds is 5. The van der Waals surface area contributed by atoms with Crippen molar-refractivity contribution in [2.24, 2.45) is 0 Å². The maximum atomic E-state index is 12.6. The van der Waals surface area contributed by atoms with Crippen molar-refractivity contribution in [3.05, 3.63) is 57.3 Å². The number of nitrogens with one attached hydrogen (secondary N) is 1. The molecule has 9 heteroatoms. The van der Waals surface area contributed by atoms with Crippen LogP contribution in [-0.2, 0) is 11.2 Å². The van der Waals surface area contributed by atoms with Crippen molar-refractivity contribution in [2.45, 2.75) is 34.1 Å². The summed E-state index contributed by atoms with van der Waals surface area (Å²) in [4.78, 5) is 27.2. The lowest BCUT2D eigenvalue weighted by atomic mass is 10.1. The molecule has 0 fully saturated rings. The van der Waals surface area contributed by atoms with Crippen molar-refractivity contribution < 1.29 is 4.79 Å². The summed E-state index contributed by atoms with van der Waals surface area (Å²) in [5.41, 5.74) is 5.17. The molecule has 4 heterocycles. The van der Waals surface area contributed by atoms with Gasteiger partial charge in [-0.3, -0.25) is 4.79 Å². The Morgan fingerprint density at radius 2 is 1.86 bits per heavy atom. The average Bonchev–Trinajstić information content (AvgIpc) is 3.38. The van der Waals surface area contributed by atoms with Gasteiger partial charge in [-0.15, -0.1) is 22.7 Å². The minimum absolute atomic E-state index is 0.121. The molecule has 0 aliphatic carbocycles. The van der Waals surface area contributed by atoms with Gasteiger partial charge in [-0.25, -0.2) is 19.6 Å². The third-order valence-corrected chi connectivity index (χ3v) is 6.11. The van der Waals surface area contributed by atoms with Crippen LogP contribution < -0.4 is 5.32 Å². The van der Waals surface area contributed by atoms with Gasteiger partial charge in [-0.05, 0) is 45.2 Å². The van der Waals surface area contributed by atoms with Crippen LogP contribution in [0.15, 0.2) is 29.0 Å². The van der Waals surface area contributed by atoms with Crippen molar-refractivity contribution in [3.63, 3.8) is 0 Å². The molecule has 0 aliphatic rings. The van der Waals surface area contributed by atoms with Crippen LogP contribution in [0.3, 0.4) is 0 Å². The lowest BCUT2D eigenvalue weighted by Gasteiger charge is -2.06. The maximum absolute atomic E-state index is 12.6. The van der Waals surface area contributed by atoms with Crippen LogP contribution in [0, 0.1) is 27.7 Å². The van der Waals surface area contributed by atoms with E-state index in [2.05, 4.69) is 25.4 Å². The molecule has 1 N–H and O–H groups in total. The minimum atomic E-state index is -0.121. The Balaban J connectivity index is 1.52. The first-order valence-corrected chi connectivity index (χ1v) is 10.8. The van der Waals surface area contributed by atoms with Gasteiger partial charge in [-0.1, -0.05) is 6.07 Å². The summed E-state index contributed by atoms with van der Waals surface area (Å²) in [6.45, 7) is 7.68. The molecule has 0 spiro atoms. The van der Waals surface area contributed by atoms with E-state index in [1.165, 1.54) is 11.3 Å². The SMILES string of the molecule is Cc1cc(C)nc(-n2nc(C)c(CC(=O)Nc3nc(-c4cccs4)cs3)c2C)n1. The zero-order chi connectivity index (χ0) is 20.5. The summed E-state index contributed by atoms with van der Waals surface area (Å²) in [7, 11) is 0. The second-order valence-electron chi connectivity index (χ2n) is 6.75. The van der Waals surface area contributed by atoms with E-state index in [9.17, 15) is 4.79 Å². The summed E-state index contributed by atoms with van der Waals surface area (Å²) in [6.07, 6.45) is 0.219. The molecular formula is C20H20N6OS2. The first-order chi connectivity index (χ1) is 13.9. The molecule has 0 aromatic carbocycles. The molecule has 0 saturated carbocycles. The molecular weight excluding hydrogens is 404 g/mol. The van der Waals surface area contributed by atoms with Crippen LogP contribution in [0.4, 0.5) is 5.13 Å². The van der Waals surface area contributed by atoms with Crippen molar-refractivity contribution >= 4 is 33.7 Å². The highest BCUT2D eigenvalue weighted by Gasteiger charge is 2.18. The topological polar surface area (TPSA) is 85.6 Å². The zero-order valence-electron chi connectivity index (χ0n) is 16.6. The molecule has 0 radical (unpaired) electrons. The lowest BCUT2D eigenvalue weighted by molar-refractivity contribution is -0.115. The summed E-state index contributed by atoms with van der Waals surface area (Å²) >= 11 is 3.05. The number of anilines is 1. The summed E-state index contributed by atoms with van der Waals surface area (Å²) in [6, 6.07) is 5.92. The molecule has 0 bridgehead atoms. The van der Waals surface area contributed by atoms with Crippen molar-refractivity contribution in [2.75, 3.05) is 5.32 Å². The molecule has 148 valence electrons. The Labute approximate surface area is 176 Å². The molecule has 1 amide bonds. The van der Waals surface area contributed by atoms with E-state index < -0.39 is 0 Å². The van der Waals surface area contributed by atoms with Gasteiger partial charge in [0.05, 0.1) is 22.7 Å². The van der Waals surface area contributed by atoms with Gasteiger partial charge in [-0.2, -0.15) is 5.10 Å². The van der Waals surface area contributed by atoms with E-state index in [0.29, 0.717) is 11.1 Å². The van der Waals surface area contributed by atoms with Crippen molar-refractivity contribution in [3.8, 4) is 16.5 Å². The normalized spacial score (nSPS) is 11.0. The number of nitrogens with zero attached hydrogens (tertiary/aromatic N) is 5. The van der Waals surface area contributed by atoms with Gasteiger partial charge < -0.3 is 5.32 Å². The molecule has 4 aromatic rings. The van der Waals surface area contributed by atoms with Crippen molar-refractivity contribution in [1.29, 1.82) is 0 Å². The van der Waals surface area contributed by atoms with Crippen LogP contribution in [0.5, 0.6) is 0 Å². The van der Waals surface area contributed by atoms with Gasteiger partial charge in [0.2, 0.25) is 5.91 Å². The number of thiazole rings is 1. The lowest BCUT2D eigenvalue weighted by Crippen LogP contribution is -2.15. The third kappa shape index (κ3) is 4.10. The smallest absolute Gasteiger partial charge is 0.251 e. The molecule has 0 saturated heterocycles. The van der Waals surface area contributed by atoms with Crippen LogP contribution in [0.1, 0.15) is 28.3 Å². The predicted molar refractivity (Wildman–Crippen MR) is 116 cm³/mol. The van der Waals surface area contributed by atoms with E-state index in [1.807, 2.05) is 56.7 Å². The standard InChI is InChI=1S/C20H20N6OS2/c1-11-8-12(2)22-19(21-11)26-14(4)15(13(3)25-26)9-18(27)24-20-23-16(10-29-20)17-6-5-7-28-17/h5-8,10H,9H2,1-4H3,(H,23,24,27). The van der Waals surface area contributed by atoms with Gasteiger partial charge in [0.1, 0.15) is 0 Å². The largest absolute Gasteiger partial charge is 0.302 e. The van der Waals surface area contributed by atoms with E-state index in [-0.39, 0.29) is 12.3 Å². The van der Waals surface area contributed by atoms with E-state index in [0.717, 1.165) is 38.9 Å². The van der Waals surface area contributed by atoms with Gasteiger partial charge in [0, 0.05) is 28.0 Å². The highest BCUT2D eigenvalue weighted by molar-refractivity contribution is 7.16. The number of hydrogen-bond acceptors (Lipinski definition) is 7. The number of thiophene rings is 1. The third-order valence-electron chi connectivity index (χ3n) is 4.46. The molecule has 4 rings (SSSR count). The fourth-order valence-electron chi connectivity index (χ4n) is 3.12. The number of carbonyl (C=O) groups excluding carboxylic acids is 1. The van der Waals surface area contributed by atoms with E-state index >= 15 is 0 Å². The highest BCUT2D eigenvalue weighted by Crippen LogP contribution is 2.28. The van der Waals surface area contributed by atoms with Gasteiger partial charge >= 0.3 is 0 Å². The number of hydrogen-bond donors (Lipinski definition) is 1. The Bertz CT molecular complexity index is 1160. The van der Waals surface area contributed by atoms with E-state index in [4.69, 9.17) is 0 Å². The fraction of sp³-hybridized carbons (Fsp3) is 0.250. The second-order valence-corrected chi connectivity index (χ2v) is 8.56. The predicted octanol–water partition coefficient (Wildman–Crippen LogP) is 4.26. The van der Waals surface area contributed by atoms with Gasteiger partial charge in [0.25, 0.3) is 5.95 Å². The molecule has 29 heavy (non-hydrogen) atoms.